The molecule has 6 heteroatoms. The highest BCUT2D eigenvalue weighted by Gasteiger charge is 2.20. The number of benzene rings is 2. The van der Waals surface area contributed by atoms with E-state index in [9.17, 15) is 9.59 Å². The lowest BCUT2D eigenvalue weighted by Gasteiger charge is -2.26. The predicted molar refractivity (Wildman–Crippen MR) is 225 cm³/mol. The van der Waals surface area contributed by atoms with Crippen LogP contribution in [-0.4, -0.2) is 37.9 Å². The van der Waals surface area contributed by atoms with Crippen LogP contribution in [0.3, 0.4) is 0 Å². The van der Waals surface area contributed by atoms with Crippen LogP contribution in [0.1, 0.15) is 170 Å². The molecule has 2 aromatic carbocycles. The van der Waals surface area contributed by atoms with Crippen molar-refractivity contribution in [2.24, 2.45) is 23.7 Å². The van der Waals surface area contributed by atoms with E-state index in [1.54, 1.807) is 55.5 Å². The van der Waals surface area contributed by atoms with Gasteiger partial charge < -0.3 is 18.9 Å². The van der Waals surface area contributed by atoms with Gasteiger partial charge >= 0.3 is 11.9 Å². The number of carbonyl (C=O) groups is 2. The van der Waals surface area contributed by atoms with Crippen LogP contribution in [-0.2, 0) is 9.47 Å². The van der Waals surface area contributed by atoms with Crippen LogP contribution < -0.4 is 9.47 Å². The molecular weight excluding hydrogens is 685 g/mol. The van der Waals surface area contributed by atoms with Gasteiger partial charge in [-0.2, -0.15) is 0 Å². The van der Waals surface area contributed by atoms with E-state index in [-0.39, 0.29) is 6.61 Å². The summed E-state index contributed by atoms with van der Waals surface area (Å²) in [5.74, 6) is 3.63. The third-order valence-electron chi connectivity index (χ3n) is 11.7. The standard InChI is InChI=1S/C49H72O6/c1-4-6-8-10-12-16-40-20-24-42(25-21-40)18-14-36-52-46-32-28-44(29-33-46)48(50)54-38-39(3)55-49(51)45-30-34-47(35-31-45)53-37-15-19-43-26-22-41(23-27-43)17-13-11-9-7-5-2/h14-15,18-19,28-35,39-43H,4-13,16-17,20-27,36-38H2,1-3H3/b18-14+,19-15+/t39-,40?,41?,42?,43?/m1/s1. The maximum absolute atomic E-state index is 12.7. The molecule has 2 fully saturated rings. The molecule has 4 rings (SSSR count). The van der Waals surface area contributed by atoms with E-state index in [2.05, 4.69) is 38.2 Å². The van der Waals surface area contributed by atoms with Gasteiger partial charge in [-0.15, -0.1) is 0 Å². The summed E-state index contributed by atoms with van der Waals surface area (Å²) in [6.45, 7) is 7.24. The molecule has 304 valence electrons. The second kappa shape index (κ2) is 26.3. The van der Waals surface area contributed by atoms with Gasteiger partial charge in [-0.1, -0.05) is 115 Å². The first kappa shape index (κ1) is 44.2. The Morgan fingerprint density at radius 1 is 0.582 bits per heavy atom. The maximum Gasteiger partial charge on any atom is 0.338 e. The van der Waals surface area contributed by atoms with Gasteiger partial charge in [0.2, 0.25) is 0 Å². The van der Waals surface area contributed by atoms with Crippen LogP contribution in [0.5, 0.6) is 11.5 Å². The number of rotatable bonds is 25. The van der Waals surface area contributed by atoms with Gasteiger partial charge in [0.05, 0.1) is 11.1 Å². The Bertz CT molecular complexity index is 1380. The van der Waals surface area contributed by atoms with Crippen molar-refractivity contribution in [2.45, 2.75) is 155 Å². The average Bonchev–Trinajstić information content (AvgIpc) is 3.21. The van der Waals surface area contributed by atoms with Gasteiger partial charge in [0, 0.05) is 0 Å². The smallest absolute Gasteiger partial charge is 0.338 e. The summed E-state index contributed by atoms with van der Waals surface area (Å²) in [6, 6.07) is 13.9. The van der Waals surface area contributed by atoms with Crippen molar-refractivity contribution < 1.29 is 28.5 Å². The zero-order chi connectivity index (χ0) is 38.9. The van der Waals surface area contributed by atoms with Crippen molar-refractivity contribution in [3.8, 4) is 11.5 Å². The second-order valence-corrected chi connectivity index (χ2v) is 16.3. The molecule has 2 aliphatic carbocycles. The molecule has 55 heavy (non-hydrogen) atoms. The molecule has 2 aromatic rings. The molecule has 6 nitrogen and oxygen atoms in total. The highest BCUT2D eigenvalue weighted by molar-refractivity contribution is 5.90. The summed E-state index contributed by atoms with van der Waals surface area (Å²) in [6.07, 6.45) is 35.4. The first-order chi connectivity index (χ1) is 26.9. The fourth-order valence-electron chi connectivity index (χ4n) is 8.13. The quantitative estimate of drug-likeness (QED) is 0.0571. The highest BCUT2D eigenvalue weighted by atomic mass is 16.6. The van der Waals surface area contributed by atoms with E-state index in [0.29, 0.717) is 47.7 Å². The van der Waals surface area contributed by atoms with Crippen LogP contribution in [0.25, 0.3) is 0 Å². The molecule has 0 heterocycles. The monoisotopic (exact) mass is 757 g/mol. The summed E-state index contributed by atoms with van der Waals surface area (Å²) in [5, 5.41) is 0. The zero-order valence-corrected chi connectivity index (χ0v) is 34.5. The zero-order valence-electron chi connectivity index (χ0n) is 34.5. The first-order valence-electron chi connectivity index (χ1n) is 22.1. The van der Waals surface area contributed by atoms with Gasteiger partial charge in [-0.05, 0) is 130 Å². The number of ether oxygens (including phenoxy) is 4. The van der Waals surface area contributed by atoms with Crippen LogP contribution in [0, 0.1) is 23.7 Å². The van der Waals surface area contributed by atoms with Crippen LogP contribution in [0.2, 0.25) is 0 Å². The minimum absolute atomic E-state index is 0.0390. The minimum Gasteiger partial charge on any atom is -0.490 e. The van der Waals surface area contributed by atoms with Gasteiger partial charge in [0.25, 0.3) is 0 Å². The van der Waals surface area contributed by atoms with Gasteiger partial charge in [0.15, 0.2) is 0 Å². The van der Waals surface area contributed by atoms with E-state index >= 15 is 0 Å². The van der Waals surface area contributed by atoms with Crippen molar-refractivity contribution in [3.63, 3.8) is 0 Å². The molecule has 0 N–H and O–H groups in total. The third kappa shape index (κ3) is 17.9. The summed E-state index contributed by atoms with van der Waals surface area (Å²) in [5.41, 5.74) is 0.842. The van der Waals surface area contributed by atoms with E-state index < -0.39 is 18.0 Å². The Morgan fingerprint density at radius 3 is 1.44 bits per heavy atom. The number of esters is 2. The van der Waals surface area contributed by atoms with E-state index in [1.165, 1.54) is 128 Å². The molecular formula is C49H72O6. The summed E-state index contributed by atoms with van der Waals surface area (Å²) < 4.78 is 22.7. The van der Waals surface area contributed by atoms with E-state index in [0.717, 1.165) is 11.8 Å². The van der Waals surface area contributed by atoms with Crippen molar-refractivity contribution in [2.75, 3.05) is 19.8 Å². The molecule has 0 amide bonds. The van der Waals surface area contributed by atoms with Crippen molar-refractivity contribution in [1.82, 2.24) is 0 Å². The Hall–Kier alpha value is -3.54. The molecule has 0 saturated heterocycles. The second-order valence-electron chi connectivity index (χ2n) is 16.3. The SMILES string of the molecule is CCCCCCCC1CCC(/C=C/COc2ccc(C(=O)OC[C@@H](C)OC(=O)c3ccc(OC/C=C/C4CCC(CCCCCCC)CC4)cc3)cc2)CC1. The molecule has 0 aliphatic heterocycles. The maximum atomic E-state index is 12.7. The molecule has 0 aromatic heterocycles. The predicted octanol–water partition coefficient (Wildman–Crippen LogP) is 13.3. The molecule has 0 spiro atoms. The molecule has 2 aliphatic rings. The lowest BCUT2D eigenvalue weighted by Crippen LogP contribution is -2.22. The van der Waals surface area contributed by atoms with Crippen LogP contribution >= 0.6 is 0 Å². The Morgan fingerprint density at radius 2 is 1.00 bits per heavy atom. The molecule has 0 bridgehead atoms. The lowest BCUT2D eigenvalue weighted by molar-refractivity contribution is 0.00447. The Labute approximate surface area is 333 Å². The van der Waals surface area contributed by atoms with Gasteiger partial charge in [-0.25, -0.2) is 9.59 Å². The Kier molecular flexibility index (Phi) is 21.2. The average molecular weight is 757 g/mol. The third-order valence-corrected chi connectivity index (χ3v) is 11.7. The highest BCUT2D eigenvalue weighted by Crippen LogP contribution is 2.34. The molecule has 1 atom stereocenters. The number of allylic oxidation sites excluding steroid dienone is 2. The van der Waals surface area contributed by atoms with Crippen molar-refractivity contribution >= 4 is 11.9 Å². The van der Waals surface area contributed by atoms with Crippen LogP contribution in [0.4, 0.5) is 0 Å². The number of unbranched alkanes of at least 4 members (excludes halogenated alkanes) is 8. The summed E-state index contributed by atoms with van der Waals surface area (Å²) >= 11 is 0. The van der Waals surface area contributed by atoms with Gasteiger partial charge in [-0.3, -0.25) is 0 Å². The largest absolute Gasteiger partial charge is 0.490 e. The van der Waals surface area contributed by atoms with Gasteiger partial charge in [0.1, 0.15) is 37.4 Å². The number of hydrogen-bond donors (Lipinski definition) is 0. The Balaban J connectivity index is 1.04. The van der Waals surface area contributed by atoms with Crippen molar-refractivity contribution in [3.05, 3.63) is 84.0 Å². The minimum atomic E-state index is -0.599. The number of hydrogen-bond acceptors (Lipinski definition) is 6. The first-order valence-corrected chi connectivity index (χ1v) is 22.1. The van der Waals surface area contributed by atoms with E-state index in [4.69, 9.17) is 18.9 Å². The number of carbonyl (C=O) groups excluding carboxylic acids is 2. The van der Waals surface area contributed by atoms with Crippen molar-refractivity contribution in [1.29, 1.82) is 0 Å². The lowest BCUT2D eigenvalue weighted by atomic mass is 9.79. The summed E-state index contributed by atoms with van der Waals surface area (Å²) in [4.78, 5) is 25.4. The van der Waals surface area contributed by atoms with Crippen LogP contribution in [0.15, 0.2) is 72.8 Å². The fraction of sp³-hybridized carbons (Fsp3) is 0.633. The molecule has 2 saturated carbocycles. The topological polar surface area (TPSA) is 71.1 Å². The molecule has 0 radical (unpaired) electrons. The molecule has 0 unspecified atom stereocenters. The normalized spacial score (nSPS) is 20.7. The van der Waals surface area contributed by atoms with E-state index in [1.807, 2.05) is 0 Å². The fourth-order valence-corrected chi connectivity index (χ4v) is 8.13. The summed E-state index contributed by atoms with van der Waals surface area (Å²) in [7, 11) is 0.